The average Bonchev–Trinajstić information content (AvgIpc) is 3.14. The number of rotatable bonds is 1. The Balaban J connectivity index is 0.00000169. The Morgan fingerprint density at radius 1 is 1.17 bits per heavy atom. The first kappa shape index (κ1) is 18.7. The predicted octanol–water partition coefficient (Wildman–Crippen LogP) is 3.65. The first-order valence-electron chi connectivity index (χ1n) is 9.46. The molecule has 3 unspecified atom stereocenters. The van der Waals surface area contributed by atoms with Crippen LogP contribution in [0.3, 0.4) is 0 Å². The van der Waals surface area contributed by atoms with Gasteiger partial charge in [0, 0.05) is 48.5 Å². The Kier molecular flexibility index (Phi) is 4.69. The van der Waals surface area contributed by atoms with Gasteiger partial charge >= 0.3 is 0 Å². The summed E-state index contributed by atoms with van der Waals surface area (Å²) in [5.41, 5.74) is 0.892. The minimum absolute atomic E-state index is 0. The second-order valence-electron chi connectivity index (χ2n) is 9.38. The van der Waals surface area contributed by atoms with Gasteiger partial charge in [-0.05, 0) is 33.1 Å². The highest BCUT2D eigenvalue weighted by Crippen LogP contribution is 2.60. The summed E-state index contributed by atoms with van der Waals surface area (Å²) in [4.78, 5) is 7.12. The fourth-order valence-electron chi connectivity index (χ4n) is 5.71. The maximum absolute atomic E-state index is 6.12. The monoisotopic (exact) mass is 447 g/mol. The van der Waals surface area contributed by atoms with Crippen LogP contribution in [0.1, 0.15) is 59.8 Å². The lowest BCUT2D eigenvalue weighted by Gasteiger charge is -2.64. The molecule has 24 heavy (non-hydrogen) atoms. The molecular weight excluding hydrogens is 413 g/mol. The minimum atomic E-state index is 0. The van der Waals surface area contributed by atoms with Crippen LogP contribution < -0.4 is 5.32 Å². The van der Waals surface area contributed by atoms with Crippen molar-refractivity contribution in [2.75, 3.05) is 20.2 Å². The van der Waals surface area contributed by atoms with Gasteiger partial charge in [0.1, 0.15) is 0 Å². The van der Waals surface area contributed by atoms with Crippen molar-refractivity contribution in [3.8, 4) is 0 Å². The maximum atomic E-state index is 6.12. The van der Waals surface area contributed by atoms with Crippen molar-refractivity contribution in [3.05, 3.63) is 0 Å². The van der Waals surface area contributed by atoms with Crippen molar-refractivity contribution < 1.29 is 4.74 Å². The number of ether oxygens (including phenoxy) is 1. The van der Waals surface area contributed by atoms with E-state index in [-0.39, 0.29) is 29.5 Å². The van der Waals surface area contributed by atoms with E-state index in [1.807, 2.05) is 7.05 Å². The van der Waals surface area contributed by atoms with Crippen LogP contribution in [-0.2, 0) is 4.74 Å². The van der Waals surface area contributed by atoms with Gasteiger partial charge in [0.25, 0.3) is 0 Å². The molecule has 2 saturated carbocycles. The van der Waals surface area contributed by atoms with Crippen LogP contribution in [-0.4, -0.2) is 48.7 Å². The summed E-state index contributed by atoms with van der Waals surface area (Å²) in [5, 5.41) is 3.90. The molecule has 1 N–H and O–H groups in total. The number of nitrogens with zero attached hydrogens (tertiary/aromatic N) is 2. The number of halogens is 1. The lowest BCUT2D eigenvalue weighted by molar-refractivity contribution is -0.128. The Labute approximate surface area is 164 Å². The van der Waals surface area contributed by atoms with Crippen molar-refractivity contribution >= 4 is 29.9 Å². The van der Waals surface area contributed by atoms with E-state index in [9.17, 15) is 0 Å². The van der Waals surface area contributed by atoms with E-state index in [4.69, 9.17) is 4.74 Å². The van der Waals surface area contributed by atoms with E-state index in [1.54, 1.807) is 0 Å². The second kappa shape index (κ2) is 6.00. The molecule has 2 saturated heterocycles. The molecule has 1 spiro atoms. The van der Waals surface area contributed by atoms with Gasteiger partial charge in [0.15, 0.2) is 5.96 Å². The molecule has 138 valence electrons. The van der Waals surface area contributed by atoms with Crippen molar-refractivity contribution in [3.63, 3.8) is 0 Å². The summed E-state index contributed by atoms with van der Waals surface area (Å²) in [6.07, 6.45) is 7.13. The SMILES string of the molecule is CN=C(NC1C2CCOC2C12CCCC2)N1CC(C)(C)C1(C)C.I. The van der Waals surface area contributed by atoms with Gasteiger partial charge in [-0.2, -0.15) is 0 Å². The highest BCUT2D eigenvalue weighted by molar-refractivity contribution is 14.0. The van der Waals surface area contributed by atoms with Crippen LogP contribution in [0, 0.1) is 16.7 Å². The van der Waals surface area contributed by atoms with E-state index in [2.05, 4.69) is 42.9 Å². The topological polar surface area (TPSA) is 36.9 Å². The van der Waals surface area contributed by atoms with Crippen molar-refractivity contribution in [2.45, 2.75) is 77.5 Å². The molecule has 3 atom stereocenters. The van der Waals surface area contributed by atoms with Crippen molar-refractivity contribution in [1.29, 1.82) is 0 Å². The molecule has 0 bridgehead atoms. The zero-order chi connectivity index (χ0) is 16.5. The molecule has 2 aliphatic heterocycles. The average molecular weight is 447 g/mol. The molecule has 2 aliphatic carbocycles. The van der Waals surface area contributed by atoms with E-state index in [0.717, 1.165) is 19.1 Å². The van der Waals surface area contributed by atoms with Crippen LogP contribution in [0.25, 0.3) is 0 Å². The molecule has 4 nitrogen and oxygen atoms in total. The van der Waals surface area contributed by atoms with Gasteiger partial charge in [-0.15, -0.1) is 24.0 Å². The van der Waals surface area contributed by atoms with Gasteiger partial charge < -0.3 is 15.0 Å². The van der Waals surface area contributed by atoms with Crippen LogP contribution in [0.2, 0.25) is 0 Å². The first-order valence-corrected chi connectivity index (χ1v) is 9.46. The fourth-order valence-corrected chi connectivity index (χ4v) is 5.71. The standard InChI is InChI=1S/C19H33N3O.HI/c1-17(2)12-22(18(17,3)4)16(20-5)21-14-13-8-11-23-15(13)19(14)9-6-7-10-19;/h13-15H,6-12H2,1-5H3,(H,20,21);1H. The number of guanidine groups is 1. The van der Waals surface area contributed by atoms with Crippen molar-refractivity contribution in [2.24, 2.45) is 21.7 Å². The van der Waals surface area contributed by atoms with E-state index in [0.29, 0.717) is 28.9 Å². The van der Waals surface area contributed by atoms with Gasteiger partial charge in [-0.3, -0.25) is 4.99 Å². The Morgan fingerprint density at radius 3 is 2.38 bits per heavy atom. The summed E-state index contributed by atoms with van der Waals surface area (Å²) < 4.78 is 6.12. The first-order chi connectivity index (χ1) is 10.8. The molecular formula is C19H34IN3O. The third-order valence-corrected chi connectivity index (χ3v) is 7.92. The number of likely N-dealkylation sites (tertiary alicyclic amines) is 1. The van der Waals surface area contributed by atoms with Crippen LogP contribution in [0.5, 0.6) is 0 Å². The maximum Gasteiger partial charge on any atom is 0.194 e. The summed E-state index contributed by atoms with van der Waals surface area (Å²) in [6, 6.07) is 0.565. The highest BCUT2D eigenvalue weighted by atomic mass is 127. The Hall–Kier alpha value is -0.0400. The summed E-state index contributed by atoms with van der Waals surface area (Å²) in [6.45, 7) is 11.5. The lowest BCUT2D eigenvalue weighted by Crippen LogP contribution is -2.76. The zero-order valence-electron chi connectivity index (χ0n) is 15.9. The van der Waals surface area contributed by atoms with Crippen LogP contribution >= 0.6 is 24.0 Å². The van der Waals surface area contributed by atoms with Gasteiger partial charge in [0.2, 0.25) is 0 Å². The third-order valence-electron chi connectivity index (χ3n) is 7.92. The van der Waals surface area contributed by atoms with Gasteiger partial charge in [-0.1, -0.05) is 26.7 Å². The van der Waals surface area contributed by atoms with Gasteiger partial charge in [0.05, 0.1) is 6.10 Å². The number of aliphatic imine (C=N–C) groups is 1. The fraction of sp³-hybridized carbons (Fsp3) is 0.947. The van der Waals surface area contributed by atoms with E-state index >= 15 is 0 Å². The summed E-state index contributed by atoms with van der Waals surface area (Å²) >= 11 is 0. The molecule has 0 aromatic heterocycles. The predicted molar refractivity (Wildman–Crippen MR) is 109 cm³/mol. The number of nitrogens with one attached hydrogen (secondary N) is 1. The largest absolute Gasteiger partial charge is 0.377 e. The van der Waals surface area contributed by atoms with Crippen LogP contribution in [0.4, 0.5) is 0 Å². The molecule has 0 aromatic rings. The molecule has 0 aromatic carbocycles. The van der Waals surface area contributed by atoms with E-state index < -0.39 is 0 Å². The number of hydrogen-bond acceptors (Lipinski definition) is 2. The molecule has 4 aliphatic rings. The molecule has 5 heteroatoms. The summed E-state index contributed by atoms with van der Waals surface area (Å²) in [5.74, 6) is 1.80. The second-order valence-corrected chi connectivity index (χ2v) is 9.38. The zero-order valence-corrected chi connectivity index (χ0v) is 18.2. The van der Waals surface area contributed by atoms with Gasteiger partial charge in [-0.25, -0.2) is 0 Å². The smallest absolute Gasteiger partial charge is 0.194 e. The molecule has 0 radical (unpaired) electrons. The highest BCUT2D eigenvalue weighted by Gasteiger charge is 2.65. The van der Waals surface area contributed by atoms with E-state index in [1.165, 1.54) is 32.1 Å². The molecule has 4 rings (SSSR count). The Morgan fingerprint density at radius 2 is 1.83 bits per heavy atom. The Bertz CT molecular complexity index is 525. The lowest BCUT2D eigenvalue weighted by atomic mass is 9.54. The molecule has 2 heterocycles. The van der Waals surface area contributed by atoms with Crippen LogP contribution in [0.15, 0.2) is 4.99 Å². The third kappa shape index (κ3) is 2.29. The number of hydrogen-bond donors (Lipinski definition) is 1. The molecule has 4 fully saturated rings. The minimum Gasteiger partial charge on any atom is -0.377 e. The summed E-state index contributed by atoms with van der Waals surface area (Å²) in [7, 11) is 1.94. The normalized spacial score (nSPS) is 38.1. The van der Waals surface area contributed by atoms with Crippen molar-refractivity contribution in [1.82, 2.24) is 10.2 Å². The number of fused-ring (bicyclic) bond motifs is 2. The molecule has 0 amide bonds. The quantitative estimate of drug-likeness (QED) is 0.379.